The molecule has 1 unspecified atom stereocenters. The number of hydrogen-bond donors (Lipinski definition) is 0. The number of ether oxygens (including phenoxy) is 1. The fraction of sp³-hybridized carbons (Fsp3) is 0.423. The number of Topliss-reactive ketones (excluding diaryl/α,β-unsaturated/α-hetero) is 1. The first-order chi connectivity index (χ1) is 16.0. The number of piperidine rings is 1. The van der Waals surface area contributed by atoms with Crippen LogP contribution in [0.5, 0.6) is 5.75 Å². The van der Waals surface area contributed by atoms with Crippen molar-refractivity contribution in [3.05, 3.63) is 76.4 Å². The molecule has 2 aromatic carbocycles. The second-order valence-corrected chi connectivity index (χ2v) is 9.30. The maximum atomic E-state index is 13.0. The predicted octanol–water partition coefficient (Wildman–Crippen LogP) is 5.07. The van der Waals surface area contributed by atoms with E-state index in [-0.39, 0.29) is 17.6 Å². The lowest BCUT2D eigenvalue weighted by Gasteiger charge is -2.26. The van der Waals surface area contributed by atoms with Crippen molar-refractivity contribution in [3.63, 3.8) is 0 Å². The standard InChI is InChI=1S/C26H30ClN3O3/c1-30-13-11-20(12-14-30)26-28-25(29-33-26)21(15-18-5-9-24(32-2)10-6-18)17-23(31)16-19-3-7-22(27)8-4-19/h3-10,20-21H,11-17H2,1-2H3. The Morgan fingerprint density at radius 3 is 2.45 bits per heavy atom. The SMILES string of the molecule is COc1ccc(CC(CC(=O)Cc2ccc(Cl)cc2)c2noc(C3CCN(C)CC3)n2)cc1. The summed E-state index contributed by atoms with van der Waals surface area (Å²) in [7, 11) is 3.78. The molecule has 0 aliphatic carbocycles. The highest BCUT2D eigenvalue weighted by Gasteiger charge is 2.27. The first kappa shape index (κ1) is 23.5. The Labute approximate surface area is 199 Å². The first-order valence-corrected chi connectivity index (χ1v) is 11.8. The lowest BCUT2D eigenvalue weighted by atomic mass is 9.91. The highest BCUT2D eigenvalue weighted by molar-refractivity contribution is 6.30. The van der Waals surface area contributed by atoms with Crippen LogP contribution >= 0.6 is 11.6 Å². The molecule has 174 valence electrons. The minimum absolute atomic E-state index is 0.140. The van der Waals surface area contributed by atoms with E-state index in [9.17, 15) is 4.79 Å². The number of likely N-dealkylation sites (tertiary alicyclic amines) is 1. The van der Waals surface area contributed by atoms with Crippen LogP contribution in [0.3, 0.4) is 0 Å². The van der Waals surface area contributed by atoms with Crippen molar-refractivity contribution in [1.29, 1.82) is 0 Å². The number of carbonyl (C=O) groups excluding carboxylic acids is 1. The molecule has 1 aliphatic rings. The van der Waals surface area contributed by atoms with E-state index < -0.39 is 0 Å². The molecule has 1 saturated heterocycles. The third kappa shape index (κ3) is 6.42. The molecule has 33 heavy (non-hydrogen) atoms. The number of rotatable bonds is 9. The van der Waals surface area contributed by atoms with E-state index in [4.69, 9.17) is 25.8 Å². The van der Waals surface area contributed by atoms with Gasteiger partial charge in [0.1, 0.15) is 11.5 Å². The van der Waals surface area contributed by atoms with Crippen LogP contribution in [0.15, 0.2) is 53.1 Å². The predicted molar refractivity (Wildman–Crippen MR) is 128 cm³/mol. The van der Waals surface area contributed by atoms with Crippen LogP contribution in [-0.2, 0) is 17.6 Å². The van der Waals surface area contributed by atoms with E-state index in [0.717, 1.165) is 42.8 Å². The highest BCUT2D eigenvalue weighted by Crippen LogP contribution is 2.30. The van der Waals surface area contributed by atoms with Crippen molar-refractivity contribution in [2.75, 3.05) is 27.2 Å². The Morgan fingerprint density at radius 2 is 1.79 bits per heavy atom. The van der Waals surface area contributed by atoms with Gasteiger partial charge in [0.05, 0.1) is 7.11 Å². The Bertz CT molecular complexity index is 1040. The summed E-state index contributed by atoms with van der Waals surface area (Å²) < 4.78 is 11.0. The van der Waals surface area contributed by atoms with Crippen LogP contribution in [0.4, 0.5) is 0 Å². The molecule has 1 aliphatic heterocycles. The number of ketones is 1. The van der Waals surface area contributed by atoms with Gasteiger partial charge in [0.15, 0.2) is 5.82 Å². The number of aromatic nitrogens is 2. The molecule has 0 amide bonds. The molecule has 4 rings (SSSR count). The molecule has 2 heterocycles. The third-order valence-electron chi connectivity index (χ3n) is 6.32. The van der Waals surface area contributed by atoms with Gasteiger partial charge in [-0.1, -0.05) is 41.0 Å². The quantitative estimate of drug-likeness (QED) is 0.437. The van der Waals surface area contributed by atoms with E-state index in [1.165, 1.54) is 0 Å². The molecule has 0 spiro atoms. The van der Waals surface area contributed by atoms with E-state index in [1.54, 1.807) is 7.11 Å². The van der Waals surface area contributed by atoms with E-state index in [0.29, 0.717) is 36.0 Å². The van der Waals surface area contributed by atoms with E-state index in [1.807, 2.05) is 48.5 Å². The minimum atomic E-state index is -0.151. The fourth-order valence-corrected chi connectivity index (χ4v) is 4.44. The van der Waals surface area contributed by atoms with Crippen molar-refractivity contribution < 1.29 is 14.1 Å². The van der Waals surface area contributed by atoms with Crippen molar-refractivity contribution in [2.45, 2.75) is 43.9 Å². The number of hydrogen-bond acceptors (Lipinski definition) is 6. The summed E-state index contributed by atoms with van der Waals surface area (Å²) in [6.45, 7) is 2.05. The van der Waals surface area contributed by atoms with E-state index >= 15 is 0 Å². The number of nitrogens with zero attached hydrogens (tertiary/aromatic N) is 3. The van der Waals surface area contributed by atoms with Crippen LogP contribution in [0, 0.1) is 0 Å². The molecule has 7 heteroatoms. The van der Waals surface area contributed by atoms with Gasteiger partial charge >= 0.3 is 0 Å². The van der Waals surface area contributed by atoms with Gasteiger partial charge in [-0.05, 0) is 74.8 Å². The summed E-state index contributed by atoms with van der Waals surface area (Å²) in [6.07, 6.45) is 3.38. The Balaban J connectivity index is 1.50. The smallest absolute Gasteiger partial charge is 0.229 e. The van der Waals surface area contributed by atoms with Gasteiger partial charge in [-0.25, -0.2) is 0 Å². The van der Waals surface area contributed by atoms with Crippen LogP contribution < -0.4 is 4.74 Å². The number of methoxy groups -OCH3 is 1. The molecule has 3 aromatic rings. The maximum Gasteiger partial charge on any atom is 0.229 e. The number of benzene rings is 2. The molecule has 0 saturated carbocycles. The lowest BCUT2D eigenvalue weighted by molar-refractivity contribution is -0.118. The molecule has 1 atom stereocenters. The van der Waals surface area contributed by atoms with Gasteiger partial charge in [0.25, 0.3) is 0 Å². The molecular weight excluding hydrogens is 438 g/mol. The Hall–Kier alpha value is -2.70. The van der Waals surface area contributed by atoms with Gasteiger partial charge in [-0.2, -0.15) is 4.98 Å². The zero-order chi connectivity index (χ0) is 23.2. The zero-order valence-electron chi connectivity index (χ0n) is 19.2. The Kier molecular flexibility index (Phi) is 7.78. The molecule has 0 bridgehead atoms. The summed E-state index contributed by atoms with van der Waals surface area (Å²) in [5.41, 5.74) is 2.05. The topological polar surface area (TPSA) is 68.5 Å². The number of carbonyl (C=O) groups is 1. The van der Waals surface area contributed by atoms with Crippen molar-refractivity contribution in [2.24, 2.45) is 0 Å². The minimum Gasteiger partial charge on any atom is -0.497 e. The Morgan fingerprint density at radius 1 is 1.12 bits per heavy atom. The molecule has 0 N–H and O–H groups in total. The number of halogens is 1. The summed E-state index contributed by atoms with van der Waals surface area (Å²) in [6, 6.07) is 15.3. The maximum absolute atomic E-state index is 13.0. The summed E-state index contributed by atoms with van der Waals surface area (Å²) in [5, 5.41) is 4.98. The molecular formula is C26H30ClN3O3. The lowest BCUT2D eigenvalue weighted by Crippen LogP contribution is -2.29. The highest BCUT2D eigenvalue weighted by atomic mass is 35.5. The van der Waals surface area contributed by atoms with Crippen LogP contribution in [0.2, 0.25) is 5.02 Å². The third-order valence-corrected chi connectivity index (χ3v) is 6.57. The van der Waals surface area contributed by atoms with Crippen LogP contribution in [0.25, 0.3) is 0 Å². The summed E-state index contributed by atoms with van der Waals surface area (Å²) in [5.74, 6) is 2.39. The zero-order valence-corrected chi connectivity index (χ0v) is 19.9. The molecule has 0 radical (unpaired) electrons. The largest absolute Gasteiger partial charge is 0.497 e. The second kappa shape index (κ2) is 10.9. The van der Waals surface area contributed by atoms with Crippen LogP contribution in [0.1, 0.15) is 53.9 Å². The monoisotopic (exact) mass is 467 g/mol. The summed E-state index contributed by atoms with van der Waals surface area (Å²) in [4.78, 5) is 20.1. The average Bonchev–Trinajstić information content (AvgIpc) is 3.31. The van der Waals surface area contributed by atoms with Crippen molar-refractivity contribution in [1.82, 2.24) is 15.0 Å². The van der Waals surface area contributed by atoms with Gasteiger partial charge in [0.2, 0.25) is 5.89 Å². The van der Waals surface area contributed by atoms with E-state index in [2.05, 4.69) is 17.1 Å². The fourth-order valence-electron chi connectivity index (χ4n) is 4.31. The summed E-state index contributed by atoms with van der Waals surface area (Å²) >= 11 is 5.98. The normalized spacial score (nSPS) is 16.0. The second-order valence-electron chi connectivity index (χ2n) is 8.86. The average molecular weight is 468 g/mol. The van der Waals surface area contributed by atoms with Gasteiger partial charge < -0.3 is 14.2 Å². The van der Waals surface area contributed by atoms with Crippen LogP contribution in [-0.4, -0.2) is 48.1 Å². The van der Waals surface area contributed by atoms with Gasteiger partial charge in [-0.3, -0.25) is 4.79 Å². The first-order valence-electron chi connectivity index (χ1n) is 11.4. The molecule has 1 fully saturated rings. The van der Waals surface area contributed by atoms with Crippen molar-refractivity contribution >= 4 is 17.4 Å². The molecule has 1 aromatic heterocycles. The van der Waals surface area contributed by atoms with Gasteiger partial charge in [-0.15, -0.1) is 0 Å². The van der Waals surface area contributed by atoms with Gasteiger partial charge in [0, 0.05) is 29.7 Å². The molecule has 6 nitrogen and oxygen atoms in total. The van der Waals surface area contributed by atoms with Crippen molar-refractivity contribution in [3.8, 4) is 5.75 Å².